The van der Waals surface area contributed by atoms with E-state index in [0.29, 0.717) is 0 Å². The number of nitrogens with zero attached hydrogens (tertiary/aromatic N) is 1. The van der Waals surface area contributed by atoms with Crippen molar-refractivity contribution >= 4 is 24.2 Å². The van der Waals surface area contributed by atoms with Crippen LogP contribution in [0.15, 0.2) is 48.5 Å². The van der Waals surface area contributed by atoms with Crippen molar-refractivity contribution in [2.24, 2.45) is 0 Å². The first-order chi connectivity index (χ1) is 16.8. The third kappa shape index (κ3) is 6.28. The fraction of sp³-hybridized carbons (Fsp3) is 0.613. The van der Waals surface area contributed by atoms with E-state index in [-0.39, 0.29) is 18.7 Å². The maximum absolute atomic E-state index is 13.8. The normalized spacial score (nSPS) is 20.3. The Morgan fingerprint density at radius 2 is 1.29 bits per heavy atom. The highest BCUT2D eigenvalue weighted by Gasteiger charge is 2.37. The van der Waals surface area contributed by atoms with Crippen molar-refractivity contribution in [3.63, 3.8) is 0 Å². The second-order valence-electron chi connectivity index (χ2n) is 11.7. The molecule has 0 unspecified atom stereocenters. The number of hydrogen-bond donors (Lipinski definition) is 0. The highest BCUT2D eigenvalue weighted by atomic mass is 32.2. The molecular weight excluding hydrogens is 465 g/mol. The predicted octanol–water partition coefficient (Wildman–Crippen LogP) is 8.25. The summed E-state index contributed by atoms with van der Waals surface area (Å²) >= 11 is 0. The molecule has 0 aromatic heterocycles. The van der Waals surface area contributed by atoms with E-state index < -0.39 is 11.0 Å². The molecule has 2 aromatic carbocycles. The second-order valence-corrected chi connectivity index (χ2v) is 16.8. The third-order valence-corrected chi connectivity index (χ3v) is 13.4. The molecule has 4 rings (SSSR count). The number of rotatable bonds is 7. The Bertz CT molecular complexity index is 969. The van der Waals surface area contributed by atoms with Crippen molar-refractivity contribution in [1.29, 1.82) is 0 Å². The molecule has 0 spiro atoms. The average Bonchev–Trinajstić information content (AvgIpc) is 2.86. The molecule has 192 valence electrons. The van der Waals surface area contributed by atoms with Crippen LogP contribution in [0.4, 0.5) is 0 Å². The fourth-order valence-electron chi connectivity index (χ4n) is 6.34. The van der Waals surface area contributed by atoms with Crippen LogP contribution in [-0.4, -0.2) is 31.6 Å². The average molecular weight is 512 g/mol. The molecular formula is C31H46NOPS. The molecule has 0 bridgehead atoms. The van der Waals surface area contributed by atoms with Gasteiger partial charge in [0.05, 0.1) is 10.8 Å². The van der Waals surface area contributed by atoms with Gasteiger partial charge in [-0.05, 0) is 86.7 Å². The summed E-state index contributed by atoms with van der Waals surface area (Å²) in [5.74, 6) is 0. The smallest absolute Gasteiger partial charge is 0.100 e. The lowest BCUT2D eigenvalue weighted by molar-refractivity contribution is 0.439. The van der Waals surface area contributed by atoms with Crippen molar-refractivity contribution in [2.75, 3.05) is 7.05 Å². The first-order valence-electron chi connectivity index (χ1n) is 13.9. The molecule has 0 amide bonds. The van der Waals surface area contributed by atoms with E-state index in [9.17, 15) is 4.21 Å². The maximum Gasteiger partial charge on any atom is 0.100 e. The van der Waals surface area contributed by atoms with Crippen LogP contribution in [0.5, 0.6) is 0 Å². The molecule has 2 atom stereocenters. The molecule has 0 radical (unpaired) electrons. The van der Waals surface area contributed by atoms with Crippen LogP contribution in [0.2, 0.25) is 0 Å². The quantitative estimate of drug-likeness (QED) is 0.343. The Morgan fingerprint density at radius 3 is 1.80 bits per heavy atom. The van der Waals surface area contributed by atoms with Gasteiger partial charge in [-0.3, -0.25) is 0 Å². The van der Waals surface area contributed by atoms with Crippen LogP contribution >= 0.6 is 7.92 Å². The Balaban J connectivity index is 1.85. The monoisotopic (exact) mass is 511 g/mol. The van der Waals surface area contributed by atoms with Crippen LogP contribution < -0.4 is 5.30 Å². The van der Waals surface area contributed by atoms with E-state index in [1.165, 1.54) is 80.9 Å². The Morgan fingerprint density at radius 1 is 0.800 bits per heavy atom. The summed E-state index contributed by atoms with van der Waals surface area (Å²) in [4.78, 5) is 0. The highest BCUT2D eigenvalue weighted by Crippen LogP contribution is 2.56. The molecule has 0 aliphatic heterocycles. The fourth-order valence-corrected chi connectivity index (χ4v) is 11.6. The maximum atomic E-state index is 13.8. The standard InChI is InChI=1S/C31H46NOPS/c1-24-16-12-13-21-27(24)30(32(5)35(33)31(2,3)4)28-22-14-15-23-29(28)34(25-17-8-6-9-18-25)26-19-10-7-11-20-26/h12-16,21-23,25-26,30H,6-11,17-20H2,1-5H3/t30-,35-/m1/s1. The lowest BCUT2D eigenvalue weighted by Crippen LogP contribution is -2.40. The van der Waals surface area contributed by atoms with Crippen LogP contribution in [0, 0.1) is 6.92 Å². The van der Waals surface area contributed by atoms with Crippen LogP contribution in [0.1, 0.15) is 108 Å². The number of benzene rings is 2. The van der Waals surface area contributed by atoms with Gasteiger partial charge in [0.15, 0.2) is 0 Å². The molecule has 0 saturated heterocycles. The second kappa shape index (κ2) is 12.0. The molecule has 2 fully saturated rings. The van der Waals surface area contributed by atoms with Crippen LogP contribution in [0.25, 0.3) is 0 Å². The van der Waals surface area contributed by atoms with E-state index in [0.717, 1.165) is 11.3 Å². The van der Waals surface area contributed by atoms with Gasteiger partial charge in [-0.25, -0.2) is 8.51 Å². The first kappa shape index (κ1) is 27.0. The summed E-state index contributed by atoms with van der Waals surface area (Å²) in [7, 11) is 0.727. The summed E-state index contributed by atoms with van der Waals surface area (Å²) in [6.07, 6.45) is 14.0. The predicted molar refractivity (Wildman–Crippen MR) is 155 cm³/mol. The molecule has 2 nitrogen and oxygen atoms in total. The van der Waals surface area contributed by atoms with Gasteiger partial charge in [-0.15, -0.1) is 0 Å². The Hall–Kier alpha value is -1.02. The van der Waals surface area contributed by atoms with Crippen molar-refractivity contribution in [3.05, 3.63) is 65.2 Å². The minimum atomic E-state index is -1.11. The minimum Gasteiger partial charge on any atom is -0.242 e. The molecule has 2 aliphatic carbocycles. The van der Waals surface area contributed by atoms with Gasteiger partial charge in [0.1, 0.15) is 11.0 Å². The lowest BCUT2D eigenvalue weighted by atomic mass is 9.95. The zero-order chi connectivity index (χ0) is 25.0. The van der Waals surface area contributed by atoms with Gasteiger partial charge in [0.25, 0.3) is 0 Å². The third-order valence-electron chi connectivity index (χ3n) is 8.08. The van der Waals surface area contributed by atoms with Crippen molar-refractivity contribution in [1.82, 2.24) is 4.31 Å². The van der Waals surface area contributed by atoms with E-state index in [2.05, 4.69) is 87.6 Å². The van der Waals surface area contributed by atoms with E-state index in [1.54, 1.807) is 5.30 Å². The van der Waals surface area contributed by atoms with Gasteiger partial charge in [-0.1, -0.05) is 95.0 Å². The summed E-state index contributed by atoms with van der Waals surface area (Å²) < 4.78 is 15.7. The molecule has 0 N–H and O–H groups in total. The first-order valence-corrected chi connectivity index (χ1v) is 16.5. The van der Waals surface area contributed by atoms with Crippen molar-refractivity contribution in [3.8, 4) is 0 Å². The zero-order valence-electron chi connectivity index (χ0n) is 22.6. The molecule has 2 aliphatic rings. The summed E-state index contributed by atoms with van der Waals surface area (Å²) in [6.45, 7) is 8.50. The van der Waals surface area contributed by atoms with E-state index >= 15 is 0 Å². The topological polar surface area (TPSA) is 20.3 Å². The van der Waals surface area contributed by atoms with Gasteiger partial charge >= 0.3 is 0 Å². The van der Waals surface area contributed by atoms with E-state index in [1.807, 2.05) is 0 Å². The van der Waals surface area contributed by atoms with Gasteiger partial charge < -0.3 is 0 Å². The van der Waals surface area contributed by atoms with Crippen LogP contribution in [0.3, 0.4) is 0 Å². The SMILES string of the molecule is Cc1ccccc1[C@H](c1ccccc1P(C1CCCCC1)C1CCCCC1)N(C)[S@](=O)C(C)(C)C. The largest absolute Gasteiger partial charge is 0.242 e. The van der Waals surface area contributed by atoms with Gasteiger partial charge in [0.2, 0.25) is 0 Å². The minimum absolute atomic E-state index is 0.00430. The summed E-state index contributed by atoms with van der Waals surface area (Å²) in [5, 5.41) is 1.60. The number of aryl methyl sites for hydroxylation is 1. The highest BCUT2D eigenvalue weighted by molar-refractivity contribution is 7.84. The Labute approximate surface area is 218 Å². The van der Waals surface area contributed by atoms with Crippen molar-refractivity contribution in [2.45, 2.75) is 114 Å². The molecule has 35 heavy (non-hydrogen) atoms. The lowest BCUT2D eigenvalue weighted by Gasteiger charge is -2.41. The van der Waals surface area contributed by atoms with Crippen LogP contribution in [-0.2, 0) is 11.0 Å². The molecule has 2 aromatic rings. The summed E-state index contributed by atoms with van der Waals surface area (Å²) in [6, 6.07) is 18.1. The number of hydrogen-bond acceptors (Lipinski definition) is 1. The Kier molecular flexibility index (Phi) is 9.28. The molecule has 4 heteroatoms. The van der Waals surface area contributed by atoms with Gasteiger partial charge in [0, 0.05) is 7.05 Å². The van der Waals surface area contributed by atoms with Gasteiger partial charge in [-0.2, -0.15) is 0 Å². The molecule has 2 saturated carbocycles. The van der Waals surface area contributed by atoms with Crippen molar-refractivity contribution < 1.29 is 4.21 Å². The molecule has 0 heterocycles. The van der Waals surface area contributed by atoms with E-state index in [4.69, 9.17) is 0 Å². The zero-order valence-corrected chi connectivity index (χ0v) is 24.3. The summed E-state index contributed by atoms with van der Waals surface area (Å²) in [5.41, 5.74) is 5.68.